The number of rotatable bonds is 3. The number of anilines is 1. The first kappa shape index (κ1) is 15.6. The second kappa shape index (κ2) is 5.72. The molecule has 1 aliphatic rings. The van der Waals surface area contributed by atoms with E-state index in [9.17, 15) is 8.78 Å². The largest absolute Gasteiger partial charge is 0.373 e. The fourth-order valence-corrected chi connectivity index (χ4v) is 4.10. The summed E-state index contributed by atoms with van der Waals surface area (Å²) in [6.07, 6.45) is 0.791. The summed E-state index contributed by atoms with van der Waals surface area (Å²) in [5.74, 6) is -2.39. The van der Waals surface area contributed by atoms with E-state index in [4.69, 9.17) is 16.3 Å². The molecule has 5 nitrogen and oxygen atoms in total. The van der Waals surface area contributed by atoms with Crippen LogP contribution in [0.15, 0.2) is 12.3 Å². The van der Waals surface area contributed by atoms with Crippen LogP contribution in [0, 0.1) is 0 Å². The normalized spacial score (nSPS) is 22.0. The first-order valence-corrected chi connectivity index (χ1v) is 10.5. The van der Waals surface area contributed by atoms with E-state index in [-0.39, 0.29) is 6.54 Å². The third kappa shape index (κ3) is 2.71. The molecule has 0 radical (unpaired) electrons. The van der Waals surface area contributed by atoms with Gasteiger partial charge in [-0.2, -0.15) is 0 Å². The Bertz CT molecular complexity index is 686. The zero-order chi connectivity index (χ0) is 15.2. The van der Waals surface area contributed by atoms with Gasteiger partial charge in [0.2, 0.25) is 0 Å². The van der Waals surface area contributed by atoms with Crippen molar-refractivity contribution in [2.45, 2.75) is 12.0 Å². The van der Waals surface area contributed by atoms with E-state index < -0.39 is 18.6 Å². The van der Waals surface area contributed by atoms with E-state index in [1.54, 1.807) is 21.6 Å². The van der Waals surface area contributed by atoms with E-state index in [0.717, 1.165) is 10.9 Å². The van der Waals surface area contributed by atoms with Crippen molar-refractivity contribution in [3.63, 3.8) is 0 Å². The van der Waals surface area contributed by atoms with Gasteiger partial charge in [0.1, 0.15) is 11.3 Å². The molecule has 10 heteroatoms. The van der Waals surface area contributed by atoms with Crippen LogP contribution in [0.3, 0.4) is 0 Å². The van der Waals surface area contributed by atoms with E-state index in [0.29, 0.717) is 17.3 Å². The van der Waals surface area contributed by atoms with Crippen molar-refractivity contribution in [2.24, 2.45) is 0 Å². The van der Waals surface area contributed by atoms with Crippen LogP contribution in [-0.2, 0) is 4.74 Å². The molecule has 0 N–H and O–H groups in total. The van der Waals surface area contributed by atoms with E-state index in [1.165, 1.54) is 7.11 Å². The zero-order valence-corrected chi connectivity index (χ0v) is 14.8. The Morgan fingerprint density at radius 3 is 2.95 bits per heavy atom. The van der Waals surface area contributed by atoms with Crippen LogP contribution in [0.1, 0.15) is 0 Å². The summed E-state index contributed by atoms with van der Waals surface area (Å²) >= 11 is 8.08. The van der Waals surface area contributed by atoms with Gasteiger partial charge in [0.25, 0.3) is 5.92 Å². The number of fused-ring (bicyclic) bond motifs is 1. The number of hydrogen-bond acceptors (Lipinski definition) is 4. The zero-order valence-electron chi connectivity index (χ0n) is 10.9. The van der Waals surface area contributed by atoms with Crippen LogP contribution in [0.4, 0.5) is 14.6 Å². The Balaban J connectivity index is 2.06. The van der Waals surface area contributed by atoms with Crippen molar-refractivity contribution < 1.29 is 13.5 Å². The number of methoxy groups -OCH3 is 1. The molecule has 1 fully saturated rings. The minimum absolute atomic E-state index is 0.0998. The number of nitrogens with zero attached hydrogens (tertiary/aromatic N) is 4. The van der Waals surface area contributed by atoms with Crippen LogP contribution in [0.2, 0.25) is 5.15 Å². The second-order valence-corrected chi connectivity index (χ2v) is 7.14. The summed E-state index contributed by atoms with van der Waals surface area (Å²) in [5, 5.41) is 5.50. The number of aromatic nitrogens is 3. The Hall–Kier alpha value is -0.310. The maximum Gasteiger partial charge on any atom is 0.292 e. The van der Waals surface area contributed by atoms with E-state index >= 15 is 0 Å². The van der Waals surface area contributed by atoms with Gasteiger partial charge in [-0.15, -0.1) is 5.10 Å². The average molecular weight is 447 g/mol. The standard InChI is InChI=1S/C11H11ClF2IN4OP/c1-20-8-4-18(5-11(8,13)14)10-6-3-16-9(12)2-7(6)19(17-10)21-15/h2-3,8,21H,4-5H2,1H3. The highest BCUT2D eigenvalue weighted by Gasteiger charge is 2.49. The number of hydrogen-bond donors (Lipinski definition) is 0. The van der Waals surface area contributed by atoms with Crippen LogP contribution in [0.5, 0.6) is 0 Å². The van der Waals surface area contributed by atoms with Crippen molar-refractivity contribution in [3.8, 4) is 0 Å². The molecular formula is C11H11ClF2IN4OP. The highest BCUT2D eigenvalue weighted by Crippen LogP contribution is 2.38. The molecule has 3 rings (SSSR count). The van der Waals surface area contributed by atoms with Crippen molar-refractivity contribution in [1.29, 1.82) is 0 Å². The van der Waals surface area contributed by atoms with Gasteiger partial charge in [-0.1, -0.05) is 11.6 Å². The van der Waals surface area contributed by atoms with Gasteiger partial charge in [-0.05, 0) is 22.0 Å². The molecule has 1 aliphatic heterocycles. The van der Waals surface area contributed by atoms with Crippen molar-refractivity contribution in [3.05, 3.63) is 17.4 Å². The molecule has 2 aromatic heterocycles. The summed E-state index contributed by atoms with van der Waals surface area (Å²) in [5.41, 5.74) is 0.793. The third-order valence-electron chi connectivity index (χ3n) is 3.44. The highest BCUT2D eigenvalue weighted by molar-refractivity contribution is 14.2. The van der Waals surface area contributed by atoms with Crippen LogP contribution in [0.25, 0.3) is 10.9 Å². The average Bonchev–Trinajstić information content (AvgIpc) is 2.95. The summed E-state index contributed by atoms with van der Waals surface area (Å²) in [7, 11) is 1.30. The highest BCUT2D eigenvalue weighted by atomic mass is 127. The molecule has 0 aliphatic carbocycles. The molecule has 21 heavy (non-hydrogen) atoms. The number of pyridine rings is 1. The number of ether oxygens (including phenoxy) is 1. The van der Waals surface area contributed by atoms with Gasteiger partial charge < -0.3 is 9.64 Å². The Morgan fingerprint density at radius 1 is 1.57 bits per heavy atom. The monoisotopic (exact) mass is 446 g/mol. The number of alkyl halides is 2. The second-order valence-electron chi connectivity index (χ2n) is 4.71. The van der Waals surface area contributed by atoms with Gasteiger partial charge >= 0.3 is 0 Å². The molecule has 0 bridgehead atoms. The minimum Gasteiger partial charge on any atom is -0.373 e. The van der Waals surface area contributed by atoms with Crippen molar-refractivity contribution in [1.82, 2.24) is 14.5 Å². The summed E-state index contributed by atoms with van der Waals surface area (Å²) < 4.78 is 34.3. The molecule has 2 atom stereocenters. The maximum absolute atomic E-state index is 13.9. The molecule has 0 aromatic carbocycles. The summed E-state index contributed by atoms with van der Waals surface area (Å²) in [6, 6.07) is 1.70. The summed E-state index contributed by atoms with van der Waals surface area (Å²) in [6.45, 7) is -0.312. The molecule has 2 aromatic rings. The lowest BCUT2D eigenvalue weighted by Gasteiger charge is -2.14. The molecule has 114 valence electrons. The van der Waals surface area contributed by atoms with Gasteiger partial charge in [0, 0.05) is 19.4 Å². The molecule has 0 spiro atoms. The van der Waals surface area contributed by atoms with E-state index in [1.807, 2.05) is 0 Å². The van der Waals surface area contributed by atoms with E-state index in [2.05, 4.69) is 32.1 Å². The fraction of sp³-hybridized carbons (Fsp3) is 0.455. The fourth-order valence-electron chi connectivity index (χ4n) is 2.43. The molecular weight excluding hydrogens is 435 g/mol. The smallest absolute Gasteiger partial charge is 0.292 e. The van der Waals surface area contributed by atoms with Gasteiger partial charge in [-0.3, -0.25) is 0 Å². The lowest BCUT2D eigenvalue weighted by molar-refractivity contribution is -0.0889. The van der Waals surface area contributed by atoms with Crippen molar-refractivity contribution in [2.75, 3.05) is 25.1 Å². The topological polar surface area (TPSA) is 43.2 Å². The minimum atomic E-state index is -2.89. The van der Waals surface area contributed by atoms with Crippen molar-refractivity contribution >= 4 is 56.7 Å². The van der Waals surface area contributed by atoms with Crippen LogP contribution in [-0.4, -0.2) is 46.8 Å². The summed E-state index contributed by atoms with van der Waals surface area (Å²) in [4.78, 5) is 5.57. The Kier molecular flexibility index (Phi) is 4.24. The molecule has 0 amide bonds. The number of halogens is 4. The first-order chi connectivity index (χ1) is 9.96. The first-order valence-electron chi connectivity index (χ1n) is 6.03. The predicted molar refractivity (Wildman–Crippen MR) is 88.2 cm³/mol. The molecule has 3 heterocycles. The van der Waals surface area contributed by atoms with Gasteiger partial charge in [-0.25, -0.2) is 18.2 Å². The quantitative estimate of drug-likeness (QED) is 0.412. The lowest BCUT2D eigenvalue weighted by atomic mass is 10.2. The maximum atomic E-state index is 13.9. The third-order valence-corrected chi connectivity index (χ3v) is 5.51. The Morgan fingerprint density at radius 2 is 2.33 bits per heavy atom. The molecule has 2 unspecified atom stereocenters. The van der Waals surface area contributed by atoms with Crippen LogP contribution >= 0.6 is 40.0 Å². The predicted octanol–water partition coefficient (Wildman–Crippen LogP) is 3.35. The lowest BCUT2D eigenvalue weighted by Crippen LogP contribution is -2.33. The van der Waals surface area contributed by atoms with Gasteiger partial charge in [0.05, 0.1) is 30.4 Å². The molecule has 1 saturated heterocycles. The van der Waals surface area contributed by atoms with Gasteiger partial charge in [0.15, 0.2) is 5.82 Å². The SMILES string of the molecule is COC1CN(c2nn(PI)c3cc(Cl)ncc23)CC1(F)F. The Labute approximate surface area is 139 Å². The molecule has 0 saturated carbocycles. The van der Waals surface area contributed by atoms with Crippen LogP contribution < -0.4 is 4.90 Å².